The van der Waals surface area contributed by atoms with Crippen LogP contribution in [0, 0.1) is 0 Å². The number of amides is 4. The third-order valence-corrected chi connectivity index (χ3v) is 11.0. The molecule has 0 bridgehead atoms. The van der Waals surface area contributed by atoms with E-state index in [2.05, 4.69) is 51.1 Å². The molecule has 4 rings (SSSR count). The van der Waals surface area contributed by atoms with Gasteiger partial charge in [-0.2, -0.15) is 0 Å². The van der Waals surface area contributed by atoms with Crippen LogP contribution in [0.4, 0.5) is 9.59 Å². The lowest BCUT2D eigenvalue weighted by atomic mass is 9.85. The zero-order valence-corrected chi connectivity index (χ0v) is 39.0. The molecule has 24 heteroatoms. The molecular weight excluding hydrogens is 865 g/mol. The summed E-state index contributed by atoms with van der Waals surface area (Å²) in [6.45, 7) is 14.8. The third kappa shape index (κ3) is 18.3. The Kier molecular flexibility index (Phi) is 24.7. The molecule has 368 valence electrons. The van der Waals surface area contributed by atoms with Crippen LogP contribution >= 0.6 is 0 Å². The van der Waals surface area contributed by atoms with Gasteiger partial charge in [0.15, 0.2) is 0 Å². The Morgan fingerprint density at radius 2 is 1.02 bits per heavy atom. The van der Waals surface area contributed by atoms with E-state index in [1.165, 1.54) is 13.8 Å². The average Bonchev–Trinajstić information content (AvgIpc) is 3.28. The smallest absolute Gasteiger partial charge is 0.407 e. The van der Waals surface area contributed by atoms with Gasteiger partial charge >= 0.3 is 24.1 Å². The third-order valence-electron chi connectivity index (χ3n) is 11.0. The van der Waals surface area contributed by atoms with Gasteiger partial charge in [0, 0.05) is 73.1 Å². The number of hydrogen-bond donors (Lipinski definition) is 4. The van der Waals surface area contributed by atoms with E-state index in [0.29, 0.717) is 63.8 Å². The van der Waals surface area contributed by atoms with Crippen molar-refractivity contribution in [2.75, 3.05) is 78.9 Å². The minimum absolute atomic E-state index is 0.0833. The lowest BCUT2D eigenvalue weighted by molar-refractivity contribution is -0.139. The Morgan fingerprint density at radius 3 is 1.35 bits per heavy atom. The standard InChI is InChI=1S/2C21H34N6O6/c2*1-4-31-20(29)15-11-17(25-26-22)19(24-14(3)28)18(12-15)27-9-6-7-16(13-27)33-10-8-23-21(30)32-5-2/h2*12,16-19H,4-11,13H2,1-3H3,(H,23,30)(H,24,28)/t2*16-,17-,18+,19+/m00/s1. The zero-order valence-electron chi connectivity index (χ0n) is 39.0. The van der Waals surface area contributed by atoms with Crippen molar-refractivity contribution in [2.45, 2.75) is 129 Å². The molecule has 0 aromatic carbocycles. The van der Waals surface area contributed by atoms with E-state index in [1.54, 1.807) is 27.7 Å². The van der Waals surface area contributed by atoms with Crippen LogP contribution in [0.15, 0.2) is 33.5 Å². The van der Waals surface area contributed by atoms with Gasteiger partial charge in [-0.05, 0) is 90.4 Å². The lowest BCUT2D eigenvalue weighted by Crippen LogP contribution is -2.60. The first-order valence-corrected chi connectivity index (χ1v) is 22.7. The number of ether oxygens (including phenoxy) is 6. The number of likely N-dealkylation sites (tertiary alicyclic amines) is 2. The van der Waals surface area contributed by atoms with E-state index < -0.39 is 48.3 Å². The Bertz CT molecular complexity index is 1660. The van der Waals surface area contributed by atoms with Gasteiger partial charge in [-0.3, -0.25) is 19.4 Å². The Morgan fingerprint density at radius 1 is 0.636 bits per heavy atom. The summed E-state index contributed by atoms with van der Waals surface area (Å²) in [5.74, 6) is -1.38. The van der Waals surface area contributed by atoms with Crippen molar-refractivity contribution >= 4 is 35.9 Å². The fraction of sp³-hybridized carbons (Fsp3) is 0.762. The Balaban J connectivity index is 0.000000350. The molecule has 0 saturated carbocycles. The summed E-state index contributed by atoms with van der Waals surface area (Å²) in [6, 6.07) is -2.93. The maximum atomic E-state index is 12.4. The summed E-state index contributed by atoms with van der Waals surface area (Å²) in [5, 5.41) is 18.8. The molecule has 4 amide bonds. The van der Waals surface area contributed by atoms with Crippen molar-refractivity contribution in [2.24, 2.45) is 10.2 Å². The largest absolute Gasteiger partial charge is 0.463 e. The first-order valence-electron chi connectivity index (χ1n) is 22.7. The monoisotopic (exact) mass is 933 g/mol. The van der Waals surface area contributed by atoms with Gasteiger partial charge in [-0.15, -0.1) is 0 Å². The van der Waals surface area contributed by atoms with E-state index in [0.717, 1.165) is 38.8 Å². The highest BCUT2D eigenvalue weighted by Crippen LogP contribution is 2.31. The molecule has 0 aromatic heterocycles. The van der Waals surface area contributed by atoms with Gasteiger partial charge in [0.1, 0.15) is 0 Å². The minimum Gasteiger partial charge on any atom is -0.463 e. The highest BCUT2D eigenvalue weighted by Gasteiger charge is 2.42. The lowest BCUT2D eigenvalue weighted by Gasteiger charge is -2.44. The van der Waals surface area contributed by atoms with E-state index in [4.69, 9.17) is 39.5 Å². The number of alkyl carbamates (subject to hydrolysis) is 2. The maximum absolute atomic E-state index is 12.4. The molecule has 0 radical (unpaired) electrons. The average molecular weight is 933 g/mol. The number of nitrogens with one attached hydrogen (secondary N) is 4. The SMILES string of the molecule is CCOC(=O)NCCO[C@H]1CCCN([C@@H]2C=C(C(=O)OCC)C[C@H](N=[N+]=[N-])[C@H]2NC(C)=O)C1.CCOC(=O)NCCO[C@H]1CCCN([C@@H]2C=C(C(=O)OCC)C[C@H](N=[N+]=[N-])[C@H]2NC(C)=O)C1. The second-order valence-electron chi connectivity index (χ2n) is 15.8. The maximum Gasteiger partial charge on any atom is 0.407 e. The molecule has 2 aliphatic carbocycles. The number of piperidine rings is 2. The van der Waals surface area contributed by atoms with Crippen molar-refractivity contribution in [3.63, 3.8) is 0 Å². The molecule has 2 aliphatic heterocycles. The molecule has 4 aliphatic rings. The number of azide groups is 2. The summed E-state index contributed by atoms with van der Waals surface area (Å²) in [7, 11) is 0. The fourth-order valence-corrected chi connectivity index (χ4v) is 8.39. The minimum atomic E-state index is -0.622. The fourth-order valence-electron chi connectivity index (χ4n) is 8.39. The van der Waals surface area contributed by atoms with Crippen LogP contribution in [-0.2, 0) is 47.6 Å². The van der Waals surface area contributed by atoms with Crippen LogP contribution < -0.4 is 21.3 Å². The Labute approximate surface area is 385 Å². The molecule has 0 aromatic rings. The number of nitrogens with zero attached hydrogens (tertiary/aromatic N) is 8. The second kappa shape index (κ2) is 29.8. The van der Waals surface area contributed by atoms with Crippen molar-refractivity contribution < 1.29 is 57.2 Å². The Hall–Kier alpha value is -5.64. The van der Waals surface area contributed by atoms with E-state index in [-0.39, 0.29) is 62.2 Å². The van der Waals surface area contributed by atoms with Crippen LogP contribution in [-0.4, -0.2) is 173 Å². The quantitative estimate of drug-likeness (QED) is 0.0340. The van der Waals surface area contributed by atoms with Gasteiger partial charge in [0.25, 0.3) is 0 Å². The van der Waals surface area contributed by atoms with Crippen molar-refractivity contribution in [3.8, 4) is 0 Å². The van der Waals surface area contributed by atoms with Crippen LogP contribution in [0.25, 0.3) is 20.9 Å². The van der Waals surface area contributed by atoms with Crippen LogP contribution in [0.5, 0.6) is 0 Å². The molecule has 2 heterocycles. The summed E-state index contributed by atoms with van der Waals surface area (Å²) in [5.41, 5.74) is 19.0. The number of rotatable bonds is 20. The summed E-state index contributed by atoms with van der Waals surface area (Å²) in [6.07, 6.45) is 6.29. The predicted octanol–water partition coefficient (Wildman–Crippen LogP) is 3.32. The number of carbonyl (C=O) groups is 6. The molecule has 4 N–H and O–H groups in total. The molecule has 2 saturated heterocycles. The molecule has 8 atom stereocenters. The first kappa shape index (κ1) is 54.7. The normalized spacial score (nSPS) is 25.2. The predicted molar refractivity (Wildman–Crippen MR) is 238 cm³/mol. The molecule has 2 fully saturated rings. The molecule has 0 unspecified atom stereocenters. The first-order chi connectivity index (χ1) is 31.8. The van der Waals surface area contributed by atoms with Gasteiger partial charge < -0.3 is 49.7 Å². The van der Waals surface area contributed by atoms with Gasteiger partial charge in [0.05, 0.1) is 76.0 Å². The van der Waals surface area contributed by atoms with Crippen molar-refractivity contribution in [1.82, 2.24) is 31.1 Å². The van der Waals surface area contributed by atoms with Crippen LogP contribution in [0.1, 0.15) is 80.1 Å². The van der Waals surface area contributed by atoms with Crippen molar-refractivity contribution in [1.29, 1.82) is 0 Å². The summed E-state index contributed by atoms with van der Waals surface area (Å²) < 4.78 is 31.9. The number of esters is 2. The highest BCUT2D eigenvalue weighted by molar-refractivity contribution is 5.89. The molecular formula is C42H68N12O12. The summed E-state index contributed by atoms with van der Waals surface area (Å²) in [4.78, 5) is 81.6. The van der Waals surface area contributed by atoms with Crippen LogP contribution in [0.2, 0.25) is 0 Å². The van der Waals surface area contributed by atoms with Gasteiger partial charge in [-0.25, -0.2) is 19.2 Å². The number of carbonyl (C=O) groups excluding carboxylic acids is 6. The molecule has 24 nitrogen and oxygen atoms in total. The second-order valence-corrected chi connectivity index (χ2v) is 15.8. The van der Waals surface area contributed by atoms with E-state index >= 15 is 0 Å². The van der Waals surface area contributed by atoms with E-state index in [9.17, 15) is 28.8 Å². The molecule has 66 heavy (non-hydrogen) atoms. The summed E-state index contributed by atoms with van der Waals surface area (Å²) >= 11 is 0. The van der Waals surface area contributed by atoms with Crippen LogP contribution in [0.3, 0.4) is 0 Å². The number of hydrogen-bond acceptors (Lipinski definition) is 16. The zero-order chi connectivity index (χ0) is 48.4. The molecule has 0 spiro atoms. The van der Waals surface area contributed by atoms with Crippen molar-refractivity contribution in [3.05, 3.63) is 44.2 Å². The topological polar surface area (TPSA) is 310 Å². The highest BCUT2D eigenvalue weighted by atomic mass is 16.6. The van der Waals surface area contributed by atoms with Gasteiger partial charge in [-0.1, -0.05) is 22.4 Å². The van der Waals surface area contributed by atoms with E-state index in [1.807, 2.05) is 12.2 Å². The van der Waals surface area contributed by atoms with Gasteiger partial charge in [0.2, 0.25) is 11.8 Å².